The van der Waals surface area contributed by atoms with E-state index < -0.39 is 11.7 Å². The molecule has 7 heteroatoms. The molecule has 1 saturated heterocycles. The second-order valence-corrected chi connectivity index (χ2v) is 6.23. The van der Waals surface area contributed by atoms with Gasteiger partial charge in [-0.25, -0.2) is 4.79 Å². The molecule has 0 radical (unpaired) electrons. The van der Waals surface area contributed by atoms with E-state index in [1.54, 1.807) is 4.90 Å². The molecule has 20 heavy (non-hydrogen) atoms. The van der Waals surface area contributed by atoms with Gasteiger partial charge in [0.2, 0.25) is 5.91 Å². The fraction of sp³-hybridized carbons (Fsp3) is 0.846. The largest absolute Gasteiger partial charge is 0.444 e. The zero-order valence-electron chi connectivity index (χ0n) is 12.3. The summed E-state index contributed by atoms with van der Waals surface area (Å²) in [5.41, 5.74) is -0.519. The van der Waals surface area contributed by atoms with E-state index in [-0.39, 0.29) is 17.3 Å². The minimum atomic E-state index is -0.519. The Balaban J connectivity index is 2.39. The van der Waals surface area contributed by atoms with Gasteiger partial charge < -0.3 is 19.7 Å². The summed E-state index contributed by atoms with van der Waals surface area (Å²) in [6, 6.07) is 0.0977. The number of carbonyl (C=O) groups is 2. The van der Waals surface area contributed by atoms with Gasteiger partial charge in [0, 0.05) is 19.7 Å². The molecular formula is C13H23BrN2O4. The SMILES string of the molecule is CC(C)(C)OC(=O)NCCN(C(=O)CBr)[C@@H]1CCOC1. The van der Waals surface area contributed by atoms with Crippen molar-refractivity contribution in [3.05, 3.63) is 0 Å². The average molecular weight is 351 g/mol. The molecule has 0 spiro atoms. The number of alkyl carbamates (subject to hydrolysis) is 1. The van der Waals surface area contributed by atoms with Crippen molar-refractivity contribution in [1.82, 2.24) is 10.2 Å². The fourth-order valence-corrected chi connectivity index (χ4v) is 2.27. The fourth-order valence-electron chi connectivity index (χ4n) is 1.95. The summed E-state index contributed by atoms with van der Waals surface area (Å²) in [7, 11) is 0. The molecule has 1 aliphatic rings. The number of rotatable bonds is 5. The van der Waals surface area contributed by atoms with Crippen molar-refractivity contribution >= 4 is 27.9 Å². The topological polar surface area (TPSA) is 67.9 Å². The molecule has 0 aliphatic carbocycles. The highest BCUT2D eigenvalue weighted by atomic mass is 79.9. The van der Waals surface area contributed by atoms with Crippen molar-refractivity contribution in [1.29, 1.82) is 0 Å². The number of nitrogens with one attached hydrogen (secondary N) is 1. The van der Waals surface area contributed by atoms with Gasteiger partial charge in [0.25, 0.3) is 0 Å². The smallest absolute Gasteiger partial charge is 0.407 e. The summed E-state index contributed by atoms with van der Waals surface area (Å²) in [5.74, 6) is 0.00601. The molecule has 0 bridgehead atoms. The van der Waals surface area contributed by atoms with E-state index >= 15 is 0 Å². The highest BCUT2D eigenvalue weighted by Crippen LogP contribution is 2.13. The molecule has 1 aliphatic heterocycles. The molecule has 6 nitrogen and oxygen atoms in total. The van der Waals surface area contributed by atoms with Crippen LogP contribution in [-0.2, 0) is 14.3 Å². The third-order valence-electron chi connectivity index (χ3n) is 2.80. The van der Waals surface area contributed by atoms with Crippen molar-refractivity contribution in [2.75, 3.05) is 31.6 Å². The maximum Gasteiger partial charge on any atom is 0.407 e. The van der Waals surface area contributed by atoms with Gasteiger partial charge in [-0.05, 0) is 27.2 Å². The summed E-state index contributed by atoms with van der Waals surface area (Å²) in [6.07, 6.45) is 0.372. The monoisotopic (exact) mass is 350 g/mol. The van der Waals surface area contributed by atoms with Crippen molar-refractivity contribution < 1.29 is 19.1 Å². The van der Waals surface area contributed by atoms with E-state index in [0.29, 0.717) is 26.3 Å². The van der Waals surface area contributed by atoms with Crippen molar-refractivity contribution in [3.63, 3.8) is 0 Å². The van der Waals surface area contributed by atoms with Gasteiger partial charge in [-0.2, -0.15) is 0 Å². The number of nitrogens with zero attached hydrogens (tertiary/aromatic N) is 1. The molecule has 1 atom stereocenters. The summed E-state index contributed by atoms with van der Waals surface area (Å²) >= 11 is 3.18. The number of hydrogen-bond donors (Lipinski definition) is 1. The van der Waals surface area contributed by atoms with Crippen molar-refractivity contribution in [2.45, 2.75) is 38.8 Å². The normalized spacial score (nSPS) is 18.7. The van der Waals surface area contributed by atoms with E-state index in [1.165, 1.54) is 0 Å². The van der Waals surface area contributed by atoms with E-state index in [0.717, 1.165) is 6.42 Å². The number of carbonyl (C=O) groups excluding carboxylic acids is 2. The Bertz CT molecular complexity index is 338. The Kier molecular flexibility index (Phi) is 6.75. The molecular weight excluding hydrogens is 328 g/mol. The summed E-state index contributed by atoms with van der Waals surface area (Å²) in [5, 5.41) is 2.93. The van der Waals surface area contributed by atoms with Gasteiger partial charge >= 0.3 is 6.09 Å². The predicted molar refractivity (Wildman–Crippen MR) is 79.0 cm³/mol. The number of ether oxygens (including phenoxy) is 2. The first-order valence-electron chi connectivity index (χ1n) is 6.73. The Hall–Kier alpha value is -0.820. The van der Waals surface area contributed by atoms with Gasteiger partial charge in [-0.1, -0.05) is 15.9 Å². The van der Waals surface area contributed by atoms with Crippen LogP contribution in [0.4, 0.5) is 4.79 Å². The van der Waals surface area contributed by atoms with E-state index in [2.05, 4.69) is 21.2 Å². The summed E-state index contributed by atoms with van der Waals surface area (Å²) in [6.45, 7) is 7.48. The summed E-state index contributed by atoms with van der Waals surface area (Å²) < 4.78 is 10.4. The molecule has 0 aromatic rings. The number of hydrogen-bond acceptors (Lipinski definition) is 4. The molecule has 1 fully saturated rings. The second-order valence-electron chi connectivity index (χ2n) is 5.67. The van der Waals surface area contributed by atoms with Crippen molar-refractivity contribution in [2.24, 2.45) is 0 Å². The van der Waals surface area contributed by atoms with Crippen LogP contribution >= 0.6 is 15.9 Å². The molecule has 1 N–H and O–H groups in total. The molecule has 2 amide bonds. The van der Waals surface area contributed by atoms with Crippen LogP contribution in [0.3, 0.4) is 0 Å². The maximum atomic E-state index is 11.9. The predicted octanol–water partition coefficient (Wildman–Crippen LogP) is 1.52. The van der Waals surface area contributed by atoms with E-state index in [4.69, 9.17) is 9.47 Å². The Morgan fingerprint density at radius 2 is 2.15 bits per heavy atom. The molecule has 0 aromatic heterocycles. The standard InChI is InChI=1S/C13H23BrN2O4/c1-13(2,3)20-12(18)15-5-6-16(11(17)8-14)10-4-7-19-9-10/h10H,4-9H2,1-3H3,(H,15,18)/t10-/m1/s1. The molecule has 0 unspecified atom stereocenters. The zero-order chi connectivity index (χ0) is 15.2. The lowest BCUT2D eigenvalue weighted by atomic mass is 10.2. The number of alkyl halides is 1. The molecule has 116 valence electrons. The quantitative estimate of drug-likeness (QED) is 0.763. The van der Waals surface area contributed by atoms with Gasteiger partial charge in [-0.15, -0.1) is 0 Å². The van der Waals surface area contributed by atoms with Crippen LogP contribution in [0.15, 0.2) is 0 Å². The molecule has 0 aromatic carbocycles. The number of halogens is 1. The minimum absolute atomic E-state index is 0.00601. The van der Waals surface area contributed by atoms with Gasteiger partial charge in [0.05, 0.1) is 18.0 Å². The third kappa shape index (κ3) is 6.09. The van der Waals surface area contributed by atoms with Gasteiger partial charge in [-0.3, -0.25) is 4.79 Å². The Morgan fingerprint density at radius 1 is 1.45 bits per heavy atom. The first-order chi connectivity index (χ1) is 9.33. The van der Waals surface area contributed by atoms with Crippen LogP contribution in [-0.4, -0.2) is 60.2 Å². The van der Waals surface area contributed by atoms with Crippen LogP contribution in [0.1, 0.15) is 27.2 Å². The second kappa shape index (κ2) is 7.83. The lowest BCUT2D eigenvalue weighted by Crippen LogP contribution is -2.46. The first-order valence-corrected chi connectivity index (χ1v) is 7.85. The van der Waals surface area contributed by atoms with Crippen LogP contribution in [0, 0.1) is 0 Å². The van der Waals surface area contributed by atoms with Crippen LogP contribution in [0.5, 0.6) is 0 Å². The molecule has 1 heterocycles. The molecule has 0 saturated carbocycles. The lowest BCUT2D eigenvalue weighted by Gasteiger charge is -2.28. The molecule has 1 rings (SSSR count). The third-order valence-corrected chi connectivity index (χ3v) is 3.28. The van der Waals surface area contributed by atoms with Crippen LogP contribution in [0.2, 0.25) is 0 Å². The number of amides is 2. The van der Waals surface area contributed by atoms with E-state index in [1.807, 2.05) is 20.8 Å². The zero-order valence-corrected chi connectivity index (χ0v) is 13.9. The highest BCUT2D eigenvalue weighted by Gasteiger charge is 2.26. The minimum Gasteiger partial charge on any atom is -0.444 e. The van der Waals surface area contributed by atoms with E-state index in [9.17, 15) is 9.59 Å². The average Bonchev–Trinajstić information content (AvgIpc) is 2.85. The summed E-state index contributed by atoms with van der Waals surface area (Å²) in [4.78, 5) is 25.2. The highest BCUT2D eigenvalue weighted by molar-refractivity contribution is 9.09. The first kappa shape index (κ1) is 17.2. The van der Waals surface area contributed by atoms with Crippen LogP contribution < -0.4 is 5.32 Å². The Labute approximate surface area is 128 Å². The lowest BCUT2D eigenvalue weighted by molar-refractivity contribution is -0.130. The van der Waals surface area contributed by atoms with Crippen molar-refractivity contribution in [3.8, 4) is 0 Å². The van der Waals surface area contributed by atoms with Gasteiger partial charge in [0.1, 0.15) is 5.60 Å². The van der Waals surface area contributed by atoms with Gasteiger partial charge in [0.15, 0.2) is 0 Å². The Morgan fingerprint density at radius 3 is 2.65 bits per heavy atom. The van der Waals surface area contributed by atoms with Crippen LogP contribution in [0.25, 0.3) is 0 Å². The maximum absolute atomic E-state index is 11.9.